The number of carbonyl (C=O) groups is 1. The number of nitrogens with zero attached hydrogens (tertiary/aromatic N) is 3. The van der Waals surface area contributed by atoms with Crippen LogP contribution in [0.25, 0.3) is 0 Å². The van der Waals surface area contributed by atoms with Crippen LogP contribution in [0.1, 0.15) is 46.3 Å². The molecule has 1 atom stereocenters. The van der Waals surface area contributed by atoms with Crippen LogP contribution in [0.4, 0.5) is 0 Å². The van der Waals surface area contributed by atoms with Gasteiger partial charge in [0.15, 0.2) is 0 Å². The van der Waals surface area contributed by atoms with Crippen LogP contribution in [-0.2, 0) is 12.8 Å². The molecule has 106 valence electrons. The summed E-state index contributed by atoms with van der Waals surface area (Å²) >= 11 is 1.62. The molecule has 1 aliphatic rings. The van der Waals surface area contributed by atoms with Gasteiger partial charge >= 0.3 is 0 Å². The van der Waals surface area contributed by atoms with Gasteiger partial charge in [0.05, 0.1) is 4.88 Å². The van der Waals surface area contributed by atoms with E-state index in [4.69, 9.17) is 0 Å². The highest BCUT2D eigenvalue weighted by Crippen LogP contribution is 2.34. The highest BCUT2D eigenvalue weighted by atomic mass is 32.1. The van der Waals surface area contributed by atoms with Crippen LogP contribution in [0.2, 0.25) is 0 Å². The SMILES string of the molecule is CCC[C@@H]1CCc2sc(C(=O)Nn3cnnc3)cc2C1. The third-order valence-corrected chi connectivity index (χ3v) is 4.99. The molecule has 5 nitrogen and oxygen atoms in total. The Morgan fingerprint density at radius 2 is 2.30 bits per heavy atom. The van der Waals surface area contributed by atoms with Crippen molar-refractivity contribution < 1.29 is 4.79 Å². The summed E-state index contributed by atoms with van der Waals surface area (Å²) in [5.41, 5.74) is 4.12. The van der Waals surface area contributed by atoms with E-state index in [-0.39, 0.29) is 5.91 Å². The molecule has 0 bridgehead atoms. The second-order valence-electron chi connectivity index (χ2n) is 5.27. The fourth-order valence-electron chi connectivity index (χ4n) is 2.80. The number of thiophene rings is 1. The molecule has 1 aliphatic carbocycles. The van der Waals surface area contributed by atoms with Crippen LogP contribution < -0.4 is 5.43 Å². The van der Waals surface area contributed by atoms with Crippen LogP contribution in [0.5, 0.6) is 0 Å². The number of hydrogen-bond acceptors (Lipinski definition) is 4. The van der Waals surface area contributed by atoms with E-state index in [1.54, 1.807) is 11.3 Å². The van der Waals surface area contributed by atoms with Gasteiger partial charge in [-0.1, -0.05) is 19.8 Å². The summed E-state index contributed by atoms with van der Waals surface area (Å²) in [6.07, 6.45) is 8.98. The normalized spacial score (nSPS) is 17.8. The molecule has 0 saturated carbocycles. The Balaban J connectivity index is 1.71. The van der Waals surface area contributed by atoms with Crippen molar-refractivity contribution in [3.63, 3.8) is 0 Å². The minimum absolute atomic E-state index is 0.0868. The molecule has 20 heavy (non-hydrogen) atoms. The molecule has 0 spiro atoms. The molecule has 2 aromatic heterocycles. The zero-order chi connectivity index (χ0) is 13.9. The number of amides is 1. The maximum absolute atomic E-state index is 12.2. The van der Waals surface area contributed by atoms with Gasteiger partial charge in [-0.25, -0.2) is 4.68 Å². The maximum Gasteiger partial charge on any atom is 0.280 e. The minimum atomic E-state index is -0.0868. The first kappa shape index (κ1) is 13.3. The summed E-state index contributed by atoms with van der Waals surface area (Å²) in [6, 6.07) is 2.06. The van der Waals surface area contributed by atoms with Crippen molar-refractivity contribution in [3.05, 3.63) is 34.0 Å². The van der Waals surface area contributed by atoms with Gasteiger partial charge in [-0.3, -0.25) is 10.2 Å². The Labute approximate surface area is 122 Å². The summed E-state index contributed by atoms with van der Waals surface area (Å²) in [5.74, 6) is 0.701. The number of fused-ring (bicyclic) bond motifs is 1. The van der Waals surface area contributed by atoms with Gasteiger partial charge in [0.1, 0.15) is 12.7 Å². The fraction of sp³-hybridized carbons (Fsp3) is 0.500. The second-order valence-corrected chi connectivity index (χ2v) is 6.40. The molecule has 1 amide bonds. The first-order valence-electron chi connectivity index (χ1n) is 7.04. The van der Waals surface area contributed by atoms with Crippen LogP contribution in [-0.4, -0.2) is 20.8 Å². The number of hydrogen-bond donors (Lipinski definition) is 1. The third-order valence-electron chi connectivity index (χ3n) is 3.75. The predicted octanol–water partition coefficient (Wildman–Crippen LogP) is 2.63. The number of aryl methyl sites for hydroxylation is 1. The average Bonchev–Trinajstić information content (AvgIpc) is 3.07. The van der Waals surface area contributed by atoms with E-state index >= 15 is 0 Å². The lowest BCUT2D eigenvalue weighted by Gasteiger charge is -2.21. The summed E-state index contributed by atoms with van der Waals surface area (Å²) in [7, 11) is 0. The molecule has 0 aliphatic heterocycles. The number of aromatic nitrogens is 3. The van der Waals surface area contributed by atoms with Gasteiger partial charge in [-0.05, 0) is 36.8 Å². The van der Waals surface area contributed by atoms with Crippen LogP contribution in [0.15, 0.2) is 18.7 Å². The molecular formula is C14H18N4OS. The smallest absolute Gasteiger partial charge is 0.266 e. The summed E-state index contributed by atoms with van der Waals surface area (Å²) in [5, 5.41) is 7.33. The highest BCUT2D eigenvalue weighted by molar-refractivity contribution is 7.14. The van der Waals surface area contributed by atoms with Gasteiger partial charge in [0.25, 0.3) is 5.91 Å². The Morgan fingerprint density at radius 1 is 1.50 bits per heavy atom. The average molecular weight is 290 g/mol. The van der Waals surface area contributed by atoms with E-state index in [0.717, 1.165) is 23.6 Å². The van der Waals surface area contributed by atoms with Gasteiger partial charge < -0.3 is 0 Å². The molecule has 0 fully saturated rings. The number of carbonyl (C=O) groups excluding carboxylic acids is 1. The van der Waals surface area contributed by atoms with Gasteiger partial charge in [-0.2, -0.15) is 0 Å². The van der Waals surface area contributed by atoms with Gasteiger partial charge in [0, 0.05) is 4.88 Å². The van der Waals surface area contributed by atoms with Crippen molar-refractivity contribution in [2.24, 2.45) is 5.92 Å². The number of nitrogens with one attached hydrogen (secondary N) is 1. The zero-order valence-electron chi connectivity index (χ0n) is 11.5. The molecule has 2 heterocycles. The van der Waals surface area contributed by atoms with E-state index < -0.39 is 0 Å². The van der Waals surface area contributed by atoms with Crippen molar-refractivity contribution in [2.75, 3.05) is 5.43 Å². The van der Waals surface area contributed by atoms with Crippen LogP contribution in [0.3, 0.4) is 0 Å². The third kappa shape index (κ3) is 2.75. The lowest BCUT2D eigenvalue weighted by atomic mass is 9.85. The summed E-state index contributed by atoms with van der Waals surface area (Å²) < 4.78 is 1.47. The predicted molar refractivity (Wildman–Crippen MR) is 78.5 cm³/mol. The molecule has 3 rings (SSSR count). The minimum Gasteiger partial charge on any atom is -0.266 e. The van der Waals surface area contributed by atoms with Crippen LogP contribution in [0, 0.1) is 5.92 Å². The highest BCUT2D eigenvalue weighted by Gasteiger charge is 2.22. The lowest BCUT2D eigenvalue weighted by Crippen LogP contribution is -2.20. The van der Waals surface area contributed by atoms with E-state index in [0.29, 0.717) is 0 Å². The molecule has 1 N–H and O–H groups in total. The summed E-state index contributed by atoms with van der Waals surface area (Å²) in [6.45, 7) is 2.24. The molecule has 0 saturated heterocycles. The van der Waals surface area contributed by atoms with Crippen molar-refractivity contribution >= 4 is 17.2 Å². The Morgan fingerprint density at radius 3 is 3.05 bits per heavy atom. The molecule has 0 aromatic carbocycles. The summed E-state index contributed by atoms with van der Waals surface area (Å²) in [4.78, 5) is 14.3. The molecule has 0 radical (unpaired) electrons. The first-order chi connectivity index (χ1) is 9.76. The standard InChI is InChI=1S/C14H18N4OS/c1-2-3-10-4-5-12-11(6-10)7-13(20-12)14(19)17-18-8-15-16-9-18/h7-10H,2-6H2,1H3,(H,17,19)/t10-/m1/s1. The Hall–Kier alpha value is -1.69. The monoisotopic (exact) mass is 290 g/mol. The Kier molecular flexibility index (Phi) is 3.82. The molecular weight excluding hydrogens is 272 g/mol. The zero-order valence-corrected chi connectivity index (χ0v) is 12.3. The largest absolute Gasteiger partial charge is 0.280 e. The van der Waals surface area contributed by atoms with Gasteiger partial charge in [-0.15, -0.1) is 21.5 Å². The van der Waals surface area contributed by atoms with Crippen molar-refractivity contribution in [1.82, 2.24) is 14.9 Å². The fourth-order valence-corrected chi connectivity index (χ4v) is 3.89. The van der Waals surface area contributed by atoms with Crippen molar-refractivity contribution in [3.8, 4) is 0 Å². The number of rotatable bonds is 4. The van der Waals surface area contributed by atoms with E-state index in [1.165, 1.54) is 47.0 Å². The molecule has 0 unspecified atom stereocenters. The van der Waals surface area contributed by atoms with Crippen molar-refractivity contribution in [2.45, 2.75) is 39.0 Å². The first-order valence-corrected chi connectivity index (χ1v) is 7.85. The lowest BCUT2D eigenvalue weighted by molar-refractivity contribution is 0.101. The van der Waals surface area contributed by atoms with E-state index in [2.05, 4.69) is 28.6 Å². The van der Waals surface area contributed by atoms with Crippen molar-refractivity contribution in [1.29, 1.82) is 0 Å². The van der Waals surface area contributed by atoms with E-state index in [1.807, 2.05) is 0 Å². The van der Waals surface area contributed by atoms with Crippen LogP contribution >= 0.6 is 11.3 Å². The second kappa shape index (κ2) is 5.75. The topological polar surface area (TPSA) is 59.8 Å². The maximum atomic E-state index is 12.2. The quantitative estimate of drug-likeness (QED) is 0.941. The van der Waals surface area contributed by atoms with Gasteiger partial charge in [0.2, 0.25) is 0 Å². The molecule has 2 aromatic rings. The van der Waals surface area contributed by atoms with E-state index in [9.17, 15) is 4.79 Å². The Bertz CT molecular complexity index is 590. The molecule has 6 heteroatoms.